The number of nitrogens with zero attached hydrogens (tertiary/aromatic N) is 1. The summed E-state index contributed by atoms with van der Waals surface area (Å²) in [5, 5.41) is 2.11. The van der Waals surface area contributed by atoms with Crippen LogP contribution in [0.2, 0.25) is 0 Å². The van der Waals surface area contributed by atoms with Gasteiger partial charge in [-0.3, -0.25) is 4.79 Å². The topological polar surface area (TPSA) is 30.0 Å². The molecular formula is C20H13NO. The van der Waals surface area contributed by atoms with Crippen molar-refractivity contribution in [1.29, 1.82) is 0 Å². The molecule has 0 radical (unpaired) electrons. The fraction of sp³-hybridized carbons (Fsp3) is 0. The number of carbonyl (C=O) groups is 1. The van der Waals surface area contributed by atoms with Gasteiger partial charge in [0.1, 0.15) is 6.29 Å². The first-order chi connectivity index (χ1) is 10.9. The van der Waals surface area contributed by atoms with E-state index in [9.17, 15) is 4.79 Å². The molecule has 0 spiro atoms. The smallest absolute Gasteiger partial charge is 0.150 e. The number of pyridine rings is 1. The van der Waals surface area contributed by atoms with Crippen molar-refractivity contribution < 1.29 is 4.79 Å². The lowest BCUT2D eigenvalue weighted by Crippen LogP contribution is -1.90. The second kappa shape index (κ2) is 5.08. The van der Waals surface area contributed by atoms with E-state index in [4.69, 9.17) is 4.98 Å². The highest BCUT2D eigenvalue weighted by Gasteiger charge is 2.11. The van der Waals surface area contributed by atoms with Crippen molar-refractivity contribution in [3.05, 3.63) is 78.4 Å². The monoisotopic (exact) mass is 283 g/mol. The first kappa shape index (κ1) is 12.7. The second-order valence-electron chi connectivity index (χ2n) is 5.26. The Hall–Kier alpha value is -3.00. The summed E-state index contributed by atoms with van der Waals surface area (Å²) in [7, 11) is 0. The van der Waals surface area contributed by atoms with Crippen molar-refractivity contribution in [3.63, 3.8) is 0 Å². The molecule has 0 amide bonds. The molecule has 0 unspecified atom stereocenters. The van der Waals surface area contributed by atoms with Crippen LogP contribution in [0.15, 0.2) is 72.8 Å². The fourth-order valence-electron chi connectivity index (χ4n) is 2.90. The van der Waals surface area contributed by atoms with Crippen LogP contribution in [0, 0.1) is 0 Å². The molecule has 104 valence electrons. The third kappa shape index (κ3) is 1.97. The van der Waals surface area contributed by atoms with Crippen molar-refractivity contribution >= 4 is 28.1 Å². The van der Waals surface area contributed by atoms with Crippen LogP contribution < -0.4 is 0 Å². The van der Waals surface area contributed by atoms with Gasteiger partial charge in [-0.05, 0) is 29.8 Å². The van der Waals surface area contributed by atoms with Gasteiger partial charge in [0.15, 0.2) is 0 Å². The zero-order valence-corrected chi connectivity index (χ0v) is 11.9. The molecule has 0 saturated heterocycles. The van der Waals surface area contributed by atoms with E-state index in [1.165, 1.54) is 0 Å². The van der Waals surface area contributed by atoms with Gasteiger partial charge in [-0.2, -0.15) is 0 Å². The molecule has 3 aromatic carbocycles. The van der Waals surface area contributed by atoms with Crippen LogP contribution in [0.3, 0.4) is 0 Å². The summed E-state index contributed by atoms with van der Waals surface area (Å²) < 4.78 is 0. The number of rotatable bonds is 2. The summed E-state index contributed by atoms with van der Waals surface area (Å²) in [6, 6.07) is 24.0. The molecular weight excluding hydrogens is 270 g/mol. The highest BCUT2D eigenvalue weighted by Crippen LogP contribution is 2.34. The lowest BCUT2D eigenvalue weighted by Gasteiger charge is -2.11. The third-order valence-corrected chi connectivity index (χ3v) is 3.90. The lowest BCUT2D eigenvalue weighted by molar-refractivity contribution is 0.112. The Morgan fingerprint density at radius 2 is 1.45 bits per heavy atom. The van der Waals surface area contributed by atoms with Crippen LogP contribution in [0.4, 0.5) is 0 Å². The molecule has 0 aliphatic heterocycles. The van der Waals surface area contributed by atoms with Crippen LogP contribution in [0.1, 0.15) is 10.4 Å². The number of fused-ring (bicyclic) bond motifs is 2. The molecule has 0 N–H and O–H groups in total. The minimum Gasteiger partial charge on any atom is -0.298 e. The Morgan fingerprint density at radius 3 is 2.27 bits per heavy atom. The van der Waals surface area contributed by atoms with E-state index in [-0.39, 0.29) is 0 Å². The van der Waals surface area contributed by atoms with Crippen molar-refractivity contribution in [2.24, 2.45) is 0 Å². The van der Waals surface area contributed by atoms with Gasteiger partial charge in [-0.15, -0.1) is 0 Å². The normalized spacial score (nSPS) is 10.9. The Kier molecular flexibility index (Phi) is 2.94. The zero-order valence-electron chi connectivity index (χ0n) is 11.9. The van der Waals surface area contributed by atoms with Gasteiger partial charge in [-0.1, -0.05) is 48.5 Å². The quantitative estimate of drug-likeness (QED) is 0.388. The molecule has 2 nitrogen and oxygen atoms in total. The first-order valence-corrected chi connectivity index (χ1v) is 7.20. The highest BCUT2D eigenvalue weighted by atomic mass is 16.1. The lowest BCUT2D eigenvalue weighted by atomic mass is 9.95. The van der Waals surface area contributed by atoms with Crippen LogP contribution in [0.5, 0.6) is 0 Å². The molecule has 0 bridgehead atoms. The van der Waals surface area contributed by atoms with E-state index in [0.29, 0.717) is 5.56 Å². The van der Waals surface area contributed by atoms with E-state index in [2.05, 4.69) is 18.2 Å². The molecule has 0 saturated carbocycles. The molecule has 0 aliphatic rings. The predicted molar refractivity (Wildman–Crippen MR) is 90.1 cm³/mol. The maximum Gasteiger partial charge on any atom is 0.150 e. The number of hydrogen-bond donors (Lipinski definition) is 0. The molecule has 1 aromatic heterocycles. The molecule has 2 heteroatoms. The molecule has 0 atom stereocenters. The Balaban J connectivity index is 2.22. The van der Waals surface area contributed by atoms with Gasteiger partial charge in [0.05, 0.1) is 11.0 Å². The molecule has 1 heterocycles. The van der Waals surface area contributed by atoms with E-state index in [0.717, 1.165) is 39.2 Å². The van der Waals surface area contributed by atoms with Crippen LogP contribution in [-0.4, -0.2) is 11.3 Å². The SMILES string of the molecule is O=Cc1ccc2nc3ccccc3c(-c3ccccc3)c2c1. The molecule has 4 aromatic rings. The molecule has 0 fully saturated rings. The maximum atomic E-state index is 11.1. The van der Waals surface area contributed by atoms with E-state index >= 15 is 0 Å². The van der Waals surface area contributed by atoms with Gasteiger partial charge in [0.2, 0.25) is 0 Å². The van der Waals surface area contributed by atoms with Crippen LogP contribution in [0.25, 0.3) is 32.9 Å². The van der Waals surface area contributed by atoms with E-state index < -0.39 is 0 Å². The second-order valence-corrected chi connectivity index (χ2v) is 5.26. The summed E-state index contributed by atoms with van der Waals surface area (Å²) >= 11 is 0. The van der Waals surface area contributed by atoms with Crippen molar-refractivity contribution in [2.45, 2.75) is 0 Å². The van der Waals surface area contributed by atoms with Crippen molar-refractivity contribution in [2.75, 3.05) is 0 Å². The largest absolute Gasteiger partial charge is 0.298 e. The van der Waals surface area contributed by atoms with Crippen LogP contribution in [-0.2, 0) is 0 Å². The Labute approximate surface area is 128 Å². The van der Waals surface area contributed by atoms with Gasteiger partial charge in [0.25, 0.3) is 0 Å². The van der Waals surface area contributed by atoms with E-state index in [1.807, 2.05) is 54.6 Å². The summed E-state index contributed by atoms with van der Waals surface area (Å²) in [5.41, 5.74) is 4.80. The number of aromatic nitrogens is 1. The summed E-state index contributed by atoms with van der Waals surface area (Å²) in [6.07, 6.45) is 0.878. The predicted octanol–water partition coefficient (Wildman–Crippen LogP) is 4.87. The number of hydrogen-bond acceptors (Lipinski definition) is 2. The average Bonchev–Trinajstić information content (AvgIpc) is 2.60. The summed E-state index contributed by atoms with van der Waals surface area (Å²) in [4.78, 5) is 15.9. The summed E-state index contributed by atoms with van der Waals surface area (Å²) in [5.74, 6) is 0. The first-order valence-electron chi connectivity index (χ1n) is 7.20. The Bertz CT molecular complexity index is 990. The van der Waals surface area contributed by atoms with Crippen molar-refractivity contribution in [1.82, 2.24) is 4.98 Å². The average molecular weight is 283 g/mol. The zero-order chi connectivity index (χ0) is 14.9. The summed E-state index contributed by atoms with van der Waals surface area (Å²) in [6.45, 7) is 0. The number of para-hydroxylation sites is 1. The molecule has 0 aliphatic carbocycles. The van der Waals surface area contributed by atoms with Gasteiger partial charge in [0, 0.05) is 21.9 Å². The highest BCUT2D eigenvalue weighted by molar-refractivity contribution is 6.10. The minimum atomic E-state index is 0.668. The Morgan fingerprint density at radius 1 is 0.727 bits per heavy atom. The minimum absolute atomic E-state index is 0.668. The van der Waals surface area contributed by atoms with Gasteiger partial charge >= 0.3 is 0 Å². The number of aldehydes is 1. The van der Waals surface area contributed by atoms with Gasteiger partial charge < -0.3 is 0 Å². The number of benzene rings is 3. The fourth-order valence-corrected chi connectivity index (χ4v) is 2.90. The maximum absolute atomic E-state index is 11.1. The number of carbonyl (C=O) groups excluding carboxylic acids is 1. The van der Waals surface area contributed by atoms with E-state index in [1.54, 1.807) is 0 Å². The molecule has 4 rings (SSSR count). The van der Waals surface area contributed by atoms with Gasteiger partial charge in [-0.25, -0.2) is 4.98 Å². The van der Waals surface area contributed by atoms with Crippen molar-refractivity contribution in [3.8, 4) is 11.1 Å². The molecule has 22 heavy (non-hydrogen) atoms. The van der Waals surface area contributed by atoms with Crippen LogP contribution >= 0.6 is 0 Å². The third-order valence-electron chi connectivity index (χ3n) is 3.90. The standard InChI is InChI=1S/C20H13NO/c22-13-14-10-11-19-17(12-14)20(15-6-2-1-3-7-15)16-8-4-5-9-18(16)21-19/h1-13H.